The summed E-state index contributed by atoms with van der Waals surface area (Å²) >= 11 is 0. The molecule has 0 bridgehead atoms. The molecule has 2 aromatic rings. The monoisotopic (exact) mass is 361 g/mol. The van der Waals surface area contributed by atoms with E-state index in [4.69, 9.17) is 18.6 Å². The average Bonchev–Trinajstić information content (AvgIpc) is 3.05. The second kappa shape index (κ2) is 6.91. The fourth-order valence-electron chi connectivity index (χ4n) is 2.21. The van der Waals surface area contributed by atoms with Crippen molar-refractivity contribution in [3.05, 3.63) is 59.9 Å². The number of hydrogen-bond acceptors (Lipinski definition) is 7. The Morgan fingerprint density at radius 2 is 1.92 bits per heavy atom. The summed E-state index contributed by atoms with van der Waals surface area (Å²) in [6, 6.07) is 7.25. The predicted molar refractivity (Wildman–Crippen MR) is 87.4 cm³/mol. The Hall–Kier alpha value is -3.29. The van der Waals surface area contributed by atoms with E-state index < -0.39 is 23.5 Å². The van der Waals surface area contributed by atoms with E-state index in [1.165, 1.54) is 32.2 Å². The molecule has 26 heavy (non-hydrogen) atoms. The highest BCUT2D eigenvalue weighted by Gasteiger charge is 2.39. The molecule has 1 aliphatic heterocycles. The van der Waals surface area contributed by atoms with Crippen molar-refractivity contribution in [1.82, 2.24) is 0 Å². The van der Waals surface area contributed by atoms with E-state index >= 15 is 0 Å². The number of hydrogen-bond donors (Lipinski definition) is 1. The Balaban J connectivity index is 1.77. The predicted octanol–water partition coefficient (Wildman–Crippen LogP) is 3.13. The van der Waals surface area contributed by atoms with Crippen LogP contribution in [0.25, 0.3) is 0 Å². The van der Waals surface area contributed by atoms with Gasteiger partial charge in [-0.05, 0) is 24.3 Å². The molecule has 2 heterocycles. The van der Waals surface area contributed by atoms with Crippen LogP contribution in [0.5, 0.6) is 5.75 Å². The van der Waals surface area contributed by atoms with Gasteiger partial charge in [0.05, 0.1) is 12.0 Å². The Morgan fingerprint density at radius 1 is 1.19 bits per heavy atom. The maximum absolute atomic E-state index is 13.6. The maximum atomic E-state index is 13.6. The number of cyclic esters (lactones) is 2. The number of ether oxygens (including phenoxy) is 3. The SMILES string of the molecule is CC1(C)OC(=O)C(=CNc2cc(F)ccc2OCc2ccco2)C(=O)O1. The standard InChI is InChI=1S/C18H16FNO6/c1-18(2)25-16(21)13(17(22)26-18)9-20-14-8-11(19)5-6-15(14)24-10-12-4-3-7-23-12/h3-9,20H,10H2,1-2H3. The van der Waals surface area contributed by atoms with Gasteiger partial charge >= 0.3 is 11.9 Å². The summed E-state index contributed by atoms with van der Waals surface area (Å²) in [4.78, 5) is 23.9. The molecule has 1 fully saturated rings. The Kier molecular flexibility index (Phi) is 4.66. The second-order valence-electron chi connectivity index (χ2n) is 5.89. The van der Waals surface area contributed by atoms with E-state index in [9.17, 15) is 14.0 Å². The first-order valence-corrected chi connectivity index (χ1v) is 7.72. The molecule has 0 unspecified atom stereocenters. The minimum absolute atomic E-state index is 0.127. The molecule has 0 radical (unpaired) electrons. The Bertz CT molecular complexity index is 835. The Labute approximate surface area is 148 Å². The van der Waals surface area contributed by atoms with Crippen LogP contribution in [0.4, 0.5) is 10.1 Å². The topological polar surface area (TPSA) is 87.0 Å². The molecular formula is C18H16FNO6. The van der Waals surface area contributed by atoms with E-state index in [1.807, 2.05) is 0 Å². The zero-order chi connectivity index (χ0) is 18.7. The molecule has 1 aromatic heterocycles. The van der Waals surface area contributed by atoms with Gasteiger partial charge in [-0.25, -0.2) is 14.0 Å². The number of esters is 2. The molecule has 0 amide bonds. The zero-order valence-electron chi connectivity index (χ0n) is 14.1. The molecule has 1 saturated heterocycles. The van der Waals surface area contributed by atoms with Crippen molar-refractivity contribution in [2.75, 3.05) is 5.32 Å². The highest BCUT2D eigenvalue weighted by Crippen LogP contribution is 2.28. The minimum atomic E-state index is -1.33. The number of carbonyl (C=O) groups is 2. The molecule has 3 rings (SSSR count). The molecule has 8 heteroatoms. The fraction of sp³-hybridized carbons (Fsp3) is 0.222. The number of rotatable bonds is 5. The van der Waals surface area contributed by atoms with Gasteiger partial charge < -0.3 is 23.9 Å². The zero-order valence-corrected chi connectivity index (χ0v) is 14.1. The van der Waals surface area contributed by atoms with E-state index in [0.717, 1.165) is 12.3 Å². The lowest BCUT2D eigenvalue weighted by atomic mass is 10.2. The van der Waals surface area contributed by atoms with Gasteiger partial charge in [0.15, 0.2) is 5.57 Å². The van der Waals surface area contributed by atoms with E-state index in [-0.39, 0.29) is 17.9 Å². The normalized spacial score (nSPS) is 15.9. The molecule has 0 atom stereocenters. The molecule has 1 aromatic carbocycles. The van der Waals surface area contributed by atoms with Crippen molar-refractivity contribution in [2.24, 2.45) is 0 Å². The summed E-state index contributed by atoms with van der Waals surface area (Å²) in [5.41, 5.74) is -0.125. The van der Waals surface area contributed by atoms with E-state index in [1.54, 1.807) is 12.1 Å². The maximum Gasteiger partial charge on any atom is 0.350 e. The van der Waals surface area contributed by atoms with Gasteiger partial charge in [0, 0.05) is 26.1 Å². The third-order valence-corrected chi connectivity index (χ3v) is 3.38. The summed E-state index contributed by atoms with van der Waals surface area (Å²) in [6.45, 7) is 3.02. The van der Waals surface area contributed by atoms with Gasteiger partial charge in [-0.2, -0.15) is 0 Å². The molecule has 0 saturated carbocycles. The fourth-order valence-corrected chi connectivity index (χ4v) is 2.21. The highest BCUT2D eigenvalue weighted by molar-refractivity contribution is 6.15. The second-order valence-corrected chi connectivity index (χ2v) is 5.89. The first-order valence-electron chi connectivity index (χ1n) is 7.72. The molecule has 1 aliphatic rings. The summed E-state index contributed by atoms with van der Waals surface area (Å²) in [5, 5.41) is 2.68. The average molecular weight is 361 g/mol. The molecule has 7 nitrogen and oxygen atoms in total. The van der Waals surface area contributed by atoms with Gasteiger partial charge in [0.2, 0.25) is 0 Å². The van der Waals surface area contributed by atoms with Crippen LogP contribution in [-0.2, 0) is 25.7 Å². The Morgan fingerprint density at radius 3 is 2.58 bits per heavy atom. The minimum Gasteiger partial charge on any atom is -0.483 e. The molecular weight excluding hydrogens is 345 g/mol. The van der Waals surface area contributed by atoms with Crippen molar-refractivity contribution in [3.63, 3.8) is 0 Å². The lowest BCUT2D eigenvalue weighted by Gasteiger charge is -2.29. The lowest BCUT2D eigenvalue weighted by molar-refractivity contribution is -0.222. The van der Waals surface area contributed by atoms with Gasteiger partial charge in [-0.1, -0.05) is 0 Å². The summed E-state index contributed by atoms with van der Waals surface area (Å²) in [5.74, 6) is -2.65. The van der Waals surface area contributed by atoms with Crippen LogP contribution in [0.3, 0.4) is 0 Å². The van der Waals surface area contributed by atoms with Crippen LogP contribution in [0, 0.1) is 5.82 Å². The summed E-state index contributed by atoms with van der Waals surface area (Å²) in [6.07, 6.45) is 2.60. The number of nitrogens with one attached hydrogen (secondary N) is 1. The molecule has 0 spiro atoms. The van der Waals surface area contributed by atoms with Gasteiger partial charge in [-0.3, -0.25) is 0 Å². The van der Waals surface area contributed by atoms with Crippen LogP contribution >= 0.6 is 0 Å². The third kappa shape index (κ3) is 4.02. The van der Waals surface area contributed by atoms with Crippen LogP contribution in [0.2, 0.25) is 0 Å². The van der Waals surface area contributed by atoms with E-state index in [2.05, 4.69) is 5.32 Å². The first kappa shape index (κ1) is 17.5. The molecule has 1 N–H and O–H groups in total. The number of benzene rings is 1. The largest absolute Gasteiger partial charge is 0.483 e. The van der Waals surface area contributed by atoms with Crippen molar-refractivity contribution >= 4 is 17.6 Å². The summed E-state index contributed by atoms with van der Waals surface area (Å²) < 4.78 is 34.3. The lowest BCUT2D eigenvalue weighted by Crippen LogP contribution is -2.42. The number of anilines is 1. The van der Waals surface area contributed by atoms with E-state index in [0.29, 0.717) is 11.5 Å². The van der Waals surface area contributed by atoms with Gasteiger partial charge in [0.25, 0.3) is 5.79 Å². The number of carbonyl (C=O) groups excluding carboxylic acids is 2. The first-order chi connectivity index (χ1) is 12.3. The molecule has 136 valence electrons. The van der Waals surface area contributed by atoms with Gasteiger partial charge in [0.1, 0.15) is 23.9 Å². The number of furan rings is 1. The third-order valence-electron chi connectivity index (χ3n) is 3.38. The molecule has 0 aliphatic carbocycles. The van der Waals surface area contributed by atoms with Crippen LogP contribution in [-0.4, -0.2) is 17.7 Å². The van der Waals surface area contributed by atoms with Crippen molar-refractivity contribution in [1.29, 1.82) is 0 Å². The number of halogens is 1. The quantitative estimate of drug-likeness (QED) is 0.497. The van der Waals surface area contributed by atoms with Gasteiger partial charge in [-0.15, -0.1) is 0 Å². The van der Waals surface area contributed by atoms with Crippen LogP contribution < -0.4 is 10.1 Å². The van der Waals surface area contributed by atoms with Crippen molar-refractivity contribution in [2.45, 2.75) is 26.2 Å². The van der Waals surface area contributed by atoms with Crippen LogP contribution in [0.15, 0.2) is 52.8 Å². The van der Waals surface area contributed by atoms with Crippen LogP contribution in [0.1, 0.15) is 19.6 Å². The smallest absolute Gasteiger partial charge is 0.350 e. The highest BCUT2D eigenvalue weighted by atomic mass is 19.1. The summed E-state index contributed by atoms with van der Waals surface area (Å²) in [7, 11) is 0. The van der Waals surface area contributed by atoms with Crippen molar-refractivity contribution in [3.8, 4) is 5.75 Å². The van der Waals surface area contributed by atoms with Crippen molar-refractivity contribution < 1.29 is 32.6 Å².